The summed E-state index contributed by atoms with van der Waals surface area (Å²) < 4.78 is 0. The summed E-state index contributed by atoms with van der Waals surface area (Å²) in [5, 5.41) is 3.64. The van der Waals surface area contributed by atoms with Crippen molar-refractivity contribution in [2.45, 2.75) is 46.0 Å². The Bertz CT molecular complexity index is 162. The summed E-state index contributed by atoms with van der Waals surface area (Å²) in [5.74, 6) is 0. The van der Waals surface area contributed by atoms with Crippen LogP contribution >= 0.6 is 0 Å². The second-order valence-corrected chi connectivity index (χ2v) is 5.13. The molecule has 2 heteroatoms. The Morgan fingerprint density at radius 1 is 1.20 bits per heavy atom. The van der Waals surface area contributed by atoms with Crippen molar-refractivity contribution in [1.29, 1.82) is 0 Å². The monoisotopic (exact) mass is 212 g/mol. The zero-order valence-electron chi connectivity index (χ0n) is 10.8. The van der Waals surface area contributed by atoms with Crippen LogP contribution in [0.25, 0.3) is 0 Å². The molecule has 0 aromatic carbocycles. The first-order chi connectivity index (χ1) is 7.22. The molecule has 2 nitrogen and oxygen atoms in total. The molecule has 1 rings (SSSR count). The highest BCUT2D eigenvalue weighted by molar-refractivity contribution is 4.85. The van der Waals surface area contributed by atoms with E-state index in [1.165, 1.54) is 45.2 Å². The molecule has 1 N–H and O–H groups in total. The minimum absolute atomic E-state index is 0.644. The molecule has 0 saturated heterocycles. The van der Waals surface area contributed by atoms with Crippen molar-refractivity contribution in [3.63, 3.8) is 0 Å². The molecule has 0 bridgehead atoms. The van der Waals surface area contributed by atoms with Gasteiger partial charge in [-0.05, 0) is 38.3 Å². The summed E-state index contributed by atoms with van der Waals surface area (Å²) in [6, 6.07) is 0. The van der Waals surface area contributed by atoms with Crippen LogP contribution in [0.3, 0.4) is 0 Å². The molecule has 15 heavy (non-hydrogen) atoms. The highest BCUT2D eigenvalue weighted by Gasteiger charge is 2.31. The van der Waals surface area contributed by atoms with Gasteiger partial charge in [-0.2, -0.15) is 0 Å². The first-order valence-electron chi connectivity index (χ1n) is 6.62. The minimum Gasteiger partial charge on any atom is -0.315 e. The van der Waals surface area contributed by atoms with Gasteiger partial charge < -0.3 is 10.2 Å². The normalized spacial score (nSPS) is 20.0. The van der Waals surface area contributed by atoms with Gasteiger partial charge >= 0.3 is 0 Å². The molecule has 0 amide bonds. The molecule has 0 unspecified atom stereocenters. The molecule has 0 heterocycles. The van der Waals surface area contributed by atoms with Crippen molar-refractivity contribution in [3.05, 3.63) is 0 Å². The molecular weight excluding hydrogens is 184 g/mol. The maximum Gasteiger partial charge on any atom is 0.0104 e. The number of hydrogen-bond acceptors (Lipinski definition) is 2. The largest absolute Gasteiger partial charge is 0.315 e. The maximum absolute atomic E-state index is 3.64. The lowest BCUT2D eigenvalue weighted by atomic mass is 9.83. The van der Waals surface area contributed by atoms with E-state index < -0.39 is 0 Å². The van der Waals surface area contributed by atoms with Gasteiger partial charge in [0.15, 0.2) is 0 Å². The summed E-state index contributed by atoms with van der Waals surface area (Å²) in [6.07, 6.45) is 7.14. The first kappa shape index (κ1) is 13.0. The van der Waals surface area contributed by atoms with E-state index in [1.54, 1.807) is 0 Å². The van der Waals surface area contributed by atoms with Crippen molar-refractivity contribution >= 4 is 0 Å². The van der Waals surface area contributed by atoms with Crippen molar-refractivity contribution in [2.75, 3.05) is 33.2 Å². The third kappa shape index (κ3) is 4.12. The number of likely N-dealkylation sites (N-methyl/N-ethyl adjacent to an activating group) is 1. The van der Waals surface area contributed by atoms with E-state index in [0.29, 0.717) is 5.41 Å². The summed E-state index contributed by atoms with van der Waals surface area (Å²) >= 11 is 0. The van der Waals surface area contributed by atoms with E-state index in [9.17, 15) is 0 Å². The Morgan fingerprint density at radius 2 is 1.87 bits per heavy atom. The van der Waals surface area contributed by atoms with Gasteiger partial charge in [0.2, 0.25) is 0 Å². The van der Waals surface area contributed by atoms with Crippen LogP contribution < -0.4 is 5.32 Å². The van der Waals surface area contributed by atoms with E-state index in [0.717, 1.165) is 13.1 Å². The van der Waals surface area contributed by atoms with Crippen molar-refractivity contribution in [3.8, 4) is 0 Å². The van der Waals surface area contributed by atoms with Crippen LogP contribution in [0.2, 0.25) is 0 Å². The molecule has 1 fully saturated rings. The van der Waals surface area contributed by atoms with Crippen LogP contribution in [0.4, 0.5) is 0 Å². The Labute approximate surface area is 95.4 Å². The minimum atomic E-state index is 0.644. The van der Waals surface area contributed by atoms with Gasteiger partial charge in [0.25, 0.3) is 0 Å². The Kier molecular flexibility index (Phi) is 5.62. The second kappa shape index (κ2) is 6.49. The van der Waals surface area contributed by atoms with Crippen LogP contribution in [-0.2, 0) is 0 Å². The zero-order valence-corrected chi connectivity index (χ0v) is 10.8. The van der Waals surface area contributed by atoms with Crippen LogP contribution in [0.5, 0.6) is 0 Å². The first-order valence-corrected chi connectivity index (χ1v) is 6.62. The van der Waals surface area contributed by atoms with Crippen LogP contribution in [0, 0.1) is 5.41 Å². The van der Waals surface area contributed by atoms with E-state index in [-0.39, 0.29) is 0 Å². The molecule has 0 atom stereocenters. The molecule has 0 radical (unpaired) electrons. The molecule has 1 aliphatic rings. The fourth-order valence-corrected chi connectivity index (χ4v) is 2.56. The number of rotatable bonds is 7. The lowest BCUT2D eigenvalue weighted by molar-refractivity contribution is 0.259. The molecule has 0 aliphatic heterocycles. The quantitative estimate of drug-likeness (QED) is 0.652. The Morgan fingerprint density at radius 3 is 2.40 bits per heavy atom. The van der Waals surface area contributed by atoms with Gasteiger partial charge in [-0.25, -0.2) is 0 Å². The highest BCUT2D eigenvalue weighted by atomic mass is 15.1. The van der Waals surface area contributed by atoms with Crippen molar-refractivity contribution < 1.29 is 0 Å². The second-order valence-electron chi connectivity index (χ2n) is 5.13. The number of nitrogens with one attached hydrogen (secondary N) is 1. The van der Waals surface area contributed by atoms with Crippen LogP contribution in [0.15, 0.2) is 0 Å². The average Bonchev–Trinajstić information content (AvgIpc) is 2.73. The lowest BCUT2D eigenvalue weighted by Gasteiger charge is -2.28. The van der Waals surface area contributed by atoms with E-state index in [1.807, 2.05) is 0 Å². The fourth-order valence-electron chi connectivity index (χ4n) is 2.56. The SMILES string of the molecule is CCN(C)CCNCC1(CC)CCCC1. The molecule has 1 aliphatic carbocycles. The van der Waals surface area contributed by atoms with E-state index in [2.05, 4.69) is 31.1 Å². The van der Waals surface area contributed by atoms with E-state index in [4.69, 9.17) is 0 Å². The Hall–Kier alpha value is -0.0800. The number of nitrogens with zero attached hydrogens (tertiary/aromatic N) is 1. The maximum atomic E-state index is 3.64. The zero-order chi connectivity index (χ0) is 11.1. The molecule has 1 saturated carbocycles. The summed E-state index contributed by atoms with van der Waals surface area (Å²) in [5.41, 5.74) is 0.644. The Balaban J connectivity index is 2.12. The third-order valence-electron chi connectivity index (χ3n) is 4.12. The molecule has 0 aromatic rings. The molecule has 90 valence electrons. The van der Waals surface area contributed by atoms with Crippen molar-refractivity contribution in [2.24, 2.45) is 5.41 Å². The highest BCUT2D eigenvalue weighted by Crippen LogP contribution is 2.40. The molecular formula is C13H28N2. The standard InChI is InChI=1S/C13H28N2/c1-4-13(8-6-7-9-13)12-14-10-11-15(3)5-2/h14H,4-12H2,1-3H3. The topological polar surface area (TPSA) is 15.3 Å². The van der Waals surface area contributed by atoms with Crippen LogP contribution in [0.1, 0.15) is 46.0 Å². The molecule has 0 aromatic heterocycles. The third-order valence-corrected chi connectivity index (χ3v) is 4.12. The van der Waals surface area contributed by atoms with Gasteiger partial charge in [0, 0.05) is 19.6 Å². The van der Waals surface area contributed by atoms with Gasteiger partial charge in [0.1, 0.15) is 0 Å². The predicted molar refractivity (Wildman–Crippen MR) is 67.2 cm³/mol. The fraction of sp³-hybridized carbons (Fsp3) is 1.00. The summed E-state index contributed by atoms with van der Waals surface area (Å²) in [7, 11) is 2.19. The summed E-state index contributed by atoms with van der Waals surface area (Å²) in [6.45, 7) is 9.28. The number of hydrogen-bond donors (Lipinski definition) is 1. The predicted octanol–water partition coefficient (Wildman–Crippen LogP) is 2.50. The molecule has 0 spiro atoms. The van der Waals surface area contributed by atoms with E-state index >= 15 is 0 Å². The van der Waals surface area contributed by atoms with Gasteiger partial charge in [-0.15, -0.1) is 0 Å². The van der Waals surface area contributed by atoms with Gasteiger partial charge in [0.05, 0.1) is 0 Å². The van der Waals surface area contributed by atoms with Gasteiger partial charge in [-0.3, -0.25) is 0 Å². The smallest absolute Gasteiger partial charge is 0.0104 e. The van der Waals surface area contributed by atoms with Gasteiger partial charge in [-0.1, -0.05) is 26.7 Å². The lowest BCUT2D eigenvalue weighted by Crippen LogP contribution is -2.36. The average molecular weight is 212 g/mol. The van der Waals surface area contributed by atoms with Crippen molar-refractivity contribution in [1.82, 2.24) is 10.2 Å². The summed E-state index contributed by atoms with van der Waals surface area (Å²) in [4.78, 5) is 2.36. The van der Waals surface area contributed by atoms with Crippen LogP contribution in [-0.4, -0.2) is 38.1 Å².